The van der Waals surface area contributed by atoms with Crippen LogP contribution in [0, 0.1) is 6.92 Å². The molecule has 1 aromatic carbocycles. The molecule has 0 spiro atoms. The molecule has 1 amide bonds. The first kappa shape index (κ1) is 20.4. The molecule has 0 saturated carbocycles. The predicted molar refractivity (Wildman–Crippen MR) is 127 cm³/mol. The van der Waals surface area contributed by atoms with E-state index in [1.165, 1.54) is 11.3 Å². The molecule has 0 atom stereocenters. The molecule has 162 valence electrons. The minimum atomic E-state index is -0.139. The highest BCUT2D eigenvalue weighted by molar-refractivity contribution is 7.29. The number of oxazole rings is 1. The molecular weight excluding hydrogens is 432 g/mol. The summed E-state index contributed by atoms with van der Waals surface area (Å²) >= 11 is 3.00. The zero-order valence-electron chi connectivity index (χ0n) is 17.5. The second-order valence-corrected chi connectivity index (χ2v) is 9.80. The van der Waals surface area contributed by atoms with E-state index in [1.54, 1.807) is 18.3 Å². The van der Waals surface area contributed by atoms with Crippen molar-refractivity contribution in [2.75, 3.05) is 56.9 Å². The van der Waals surface area contributed by atoms with Gasteiger partial charge in [0.2, 0.25) is 0 Å². The van der Waals surface area contributed by atoms with Crippen LogP contribution in [-0.2, 0) is 0 Å². The van der Waals surface area contributed by atoms with Gasteiger partial charge in [-0.25, -0.2) is 9.97 Å². The molecule has 2 N–H and O–H groups in total. The number of thiophene rings is 1. The summed E-state index contributed by atoms with van der Waals surface area (Å²) in [6.45, 7) is 8.19. The summed E-state index contributed by atoms with van der Waals surface area (Å²) in [6, 6.07) is 7.37. The predicted octanol–water partition coefficient (Wildman–Crippen LogP) is 3.72. The summed E-state index contributed by atoms with van der Waals surface area (Å²) < 4.78 is 6.51. The number of nitrogens with one attached hydrogen (secondary N) is 2. The first-order valence-electron chi connectivity index (χ1n) is 10.3. The van der Waals surface area contributed by atoms with Crippen molar-refractivity contribution in [2.45, 2.75) is 6.92 Å². The van der Waals surface area contributed by atoms with Crippen molar-refractivity contribution in [3.05, 3.63) is 35.0 Å². The van der Waals surface area contributed by atoms with E-state index in [9.17, 15) is 4.79 Å². The van der Waals surface area contributed by atoms with Gasteiger partial charge < -0.3 is 20.0 Å². The number of piperazine rings is 1. The summed E-state index contributed by atoms with van der Waals surface area (Å²) in [4.78, 5) is 28.0. The normalized spacial score (nSPS) is 15.7. The lowest BCUT2D eigenvalue weighted by Gasteiger charge is -2.32. The molecule has 1 fully saturated rings. The minimum absolute atomic E-state index is 0.139. The van der Waals surface area contributed by atoms with Crippen molar-refractivity contribution in [1.29, 1.82) is 0 Å². The molecule has 8 nitrogen and oxygen atoms in total. The number of thiazole rings is 1. The van der Waals surface area contributed by atoms with Crippen molar-refractivity contribution in [3.8, 4) is 0 Å². The SMILES string of the molecule is Cc1nc2cc(NC(=O)c3cc4sc(NCCN5CCN(C)CC5)nc4s3)ccc2o1. The number of fused-ring (bicyclic) bond motifs is 2. The zero-order chi connectivity index (χ0) is 21.4. The Morgan fingerprint density at radius 1 is 1.16 bits per heavy atom. The number of anilines is 2. The van der Waals surface area contributed by atoms with Gasteiger partial charge in [-0.05, 0) is 31.3 Å². The highest BCUT2D eigenvalue weighted by Crippen LogP contribution is 2.33. The number of carbonyl (C=O) groups excluding carboxylic acids is 1. The molecule has 5 rings (SSSR count). The number of carbonyl (C=O) groups is 1. The highest BCUT2D eigenvalue weighted by atomic mass is 32.1. The van der Waals surface area contributed by atoms with E-state index in [-0.39, 0.29) is 5.91 Å². The molecule has 1 aliphatic heterocycles. The van der Waals surface area contributed by atoms with Crippen molar-refractivity contribution in [1.82, 2.24) is 19.8 Å². The van der Waals surface area contributed by atoms with Gasteiger partial charge in [0.25, 0.3) is 5.91 Å². The topological polar surface area (TPSA) is 86.5 Å². The van der Waals surface area contributed by atoms with Crippen LogP contribution < -0.4 is 10.6 Å². The van der Waals surface area contributed by atoms with Crippen LogP contribution in [0.15, 0.2) is 28.7 Å². The van der Waals surface area contributed by atoms with E-state index >= 15 is 0 Å². The first-order valence-corrected chi connectivity index (χ1v) is 11.9. The van der Waals surface area contributed by atoms with Gasteiger partial charge in [0.05, 0.1) is 9.58 Å². The Hall–Kier alpha value is -2.53. The summed E-state index contributed by atoms with van der Waals surface area (Å²) in [6.07, 6.45) is 0. The number of nitrogens with zero attached hydrogens (tertiary/aromatic N) is 4. The lowest BCUT2D eigenvalue weighted by Crippen LogP contribution is -2.45. The summed E-state index contributed by atoms with van der Waals surface area (Å²) in [7, 11) is 2.17. The van der Waals surface area contributed by atoms with Crippen LogP contribution in [0.4, 0.5) is 10.8 Å². The number of amides is 1. The van der Waals surface area contributed by atoms with Gasteiger partial charge in [-0.2, -0.15) is 0 Å². The van der Waals surface area contributed by atoms with Crippen LogP contribution in [0.2, 0.25) is 0 Å². The average Bonchev–Trinajstić information content (AvgIpc) is 3.41. The fourth-order valence-electron chi connectivity index (χ4n) is 3.63. The largest absolute Gasteiger partial charge is 0.441 e. The van der Waals surface area contributed by atoms with Gasteiger partial charge in [-0.1, -0.05) is 11.3 Å². The second-order valence-electron chi connectivity index (χ2n) is 7.74. The number of hydrogen-bond donors (Lipinski definition) is 2. The number of aryl methyl sites for hydroxylation is 1. The molecule has 0 bridgehead atoms. The fraction of sp³-hybridized carbons (Fsp3) is 0.381. The average molecular weight is 457 g/mol. The van der Waals surface area contributed by atoms with Crippen LogP contribution in [0.3, 0.4) is 0 Å². The van der Waals surface area contributed by atoms with Gasteiger partial charge in [-0.3, -0.25) is 9.69 Å². The monoisotopic (exact) mass is 456 g/mol. The minimum Gasteiger partial charge on any atom is -0.441 e. The highest BCUT2D eigenvalue weighted by Gasteiger charge is 2.16. The van der Waals surface area contributed by atoms with Crippen LogP contribution >= 0.6 is 22.7 Å². The first-order chi connectivity index (χ1) is 15.0. The Balaban J connectivity index is 1.19. The third-order valence-corrected chi connectivity index (χ3v) is 7.48. The lowest BCUT2D eigenvalue weighted by molar-refractivity contribution is 0.103. The van der Waals surface area contributed by atoms with Crippen molar-refractivity contribution in [2.24, 2.45) is 0 Å². The number of likely N-dealkylation sites (N-methyl/N-ethyl adjacent to an activating group) is 1. The van der Waals surface area contributed by atoms with Crippen molar-refractivity contribution >= 4 is 60.0 Å². The molecule has 4 aromatic rings. The van der Waals surface area contributed by atoms with E-state index < -0.39 is 0 Å². The third-order valence-electron chi connectivity index (χ3n) is 5.37. The fourth-order valence-corrected chi connectivity index (χ4v) is 5.66. The van der Waals surface area contributed by atoms with Gasteiger partial charge in [0.1, 0.15) is 10.3 Å². The molecule has 3 aromatic heterocycles. The maximum absolute atomic E-state index is 12.7. The van der Waals surface area contributed by atoms with Gasteiger partial charge >= 0.3 is 0 Å². The van der Waals surface area contributed by atoms with Crippen molar-refractivity contribution < 1.29 is 9.21 Å². The van der Waals surface area contributed by atoms with Gasteiger partial charge in [0, 0.05) is 51.9 Å². The Morgan fingerprint density at radius 2 is 2.00 bits per heavy atom. The van der Waals surface area contributed by atoms with Crippen LogP contribution in [0.1, 0.15) is 15.6 Å². The molecule has 1 aliphatic rings. The second kappa shape index (κ2) is 8.54. The molecule has 0 radical (unpaired) electrons. The van der Waals surface area contributed by atoms with Crippen LogP contribution in [-0.4, -0.2) is 72.0 Å². The van der Waals surface area contributed by atoms with E-state index in [0.29, 0.717) is 22.0 Å². The standard InChI is InChI=1S/C21H24N6O2S2/c1-13-23-15-11-14(3-4-16(15)29-13)24-19(28)17-12-18-20(30-17)25-21(31-18)22-5-6-27-9-7-26(2)8-10-27/h3-4,11-12H,5-10H2,1-2H3,(H,22,25)(H,24,28). The Kier molecular flexibility index (Phi) is 5.61. The maximum atomic E-state index is 12.7. The van der Waals surface area contributed by atoms with Gasteiger partial charge in [0.15, 0.2) is 16.6 Å². The molecular formula is C21H24N6O2S2. The quantitative estimate of drug-likeness (QED) is 0.457. The Morgan fingerprint density at radius 3 is 2.81 bits per heavy atom. The third kappa shape index (κ3) is 4.57. The molecule has 10 heteroatoms. The molecule has 0 unspecified atom stereocenters. The Labute approximate surface area is 187 Å². The number of benzene rings is 1. The molecule has 0 aliphatic carbocycles. The van der Waals surface area contributed by atoms with Crippen molar-refractivity contribution in [3.63, 3.8) is 0 Å². The number of hydrogen-bond acceptors (Lipinski definition) is 9. The zero-order valence-corrected chi connectivity index (χ0v) is 19.1. The summed E-state index contributed by atoms with van der Waals surface area (Å²) in [5, 5.41) is 7.28. The maximum Gasteiger partial charge on any atom is 0.265 e. The molecule has 31 heavy (non-hydrogen) atoms. The molecule has 1 saturated heterocycles. The summed E-state index contributed by atoms with van der Waals surface area (Å²) in [5.41, 5.74) is 2.14. The van der Waals surface area contributed by atoms with E-state index in [4.69, 9.17) is 4.42 Å². The van der Waals surface area contributed by atoms with E-state index in [2.05, 4.69) is 37.4 Å². The number of aromatic nitrogens is 2. The van der Waals surface area contributed by atoms with Crippen LogP contribution in [0.25, 0.3) is 20.6 Å². The van der Waals surface area contributed by atoms with E-state index in [1.807, 2.05) is 24.3 Å². The lowest BCUT2D eigenvalue weighted by atomic mass is 10.3. The summed E-state index contributed by atoms with van der Waals surface area (Å²) in [5.74, 6) is 0.468. The number of rotatable bonds is 6. The Bertz CT molecular complexity index is 1190. The smallest absolute Gasteiger partial charge is 0.265 e. The van der Waals surface area contributed by atoms with Crippen LogP contribution in [0.5, 0.6) is 0 Å². The molecule has 4 heterocycles. The van der Waals surface area contributed by atoms with E-state index in [0.717, 1.165) is 59.4 Å². The van der Waals surface area contributed by atoms with Gasteiger partial charge in [-0.15, -0.1) is 11.3 Å².